The van der Waals surface area contributed by atoms with Gasteiger partial charge in [0.1, 0.15) is 5.75 Å². The monoisotopic (exact) mass is 289 g/mol. The number of hydrogen-bond donors (Lipinski definition) is 1. The molecule has 0 saturated carbocycles. The van der Waals surface area contributed by atoms with Crippen LogP contribution in [-0.2, 0) is 0 Å². The molecule has 0 spiro atoms. The van der Waals surface area contributed by atoms with Crippen molar-refractivity contribution in [3.8, 4) is 5.75 Å². The molecule has 106 valence electrons. The van der Waals surface area contributed by atoms with Crippen molar-refractivity contribution in [2.45, 2.75) is 19.9 Å². The fraction of sp³-hybridized carbons (Fsp3) is 0.294. The molecule has 3 heteroatoms. The van der Waals surface area contributed by atoms with Crippen molar-refractivity contribution < 1.29 is 4.74 Å². The van der Waals surface area contributed by atoms with Gasteiger partial charge in [0, 0.05) is 0 Å². The molecule has 2 nitrogen and oxygen atoms in total. The SMILES string of the molecule is CNC(c1ccc(Cl)c(OC)c1)c1cccc(C)c1C. The second-order valence-electron chi connectivity index (χ2n) is 4.90. The molecular formula is C17H20ClNO. The van der Waals surface area contributed by atoms with Gasteiger partial charge in [-0.3, -0.25) is 0 Å². The van der Waals surface area contributed by atoms with Crippen LogP contribution in [-0.4, -0.2) is 14.2 Å². The minimum absolute atomic E-state index is 0.126. The van der Waals surface area contributed by atoms with Gasteiger partial charge in [0.2, 0.25) is 0 Å². The van der Waals surface area contributed by atoms with E-state index in [0.717, 1.165) is 5.56 Å². The van der Waals surface area contributed by atoms with Gasteiger partial charge in [0.25, 0.3) is 0 Å². The molecule has 0 aromatic heterocycles. The van der Waals surface area contributed by atoms with Crippen LogP contribution >= 0.6 is 11.6 Å². The Balaban J connectivity index is 2.49. The quantitative estimate of drug-likeness (QED) is 0.907. The standard InChI is InChI=1S/C17H20ClNO/c1-11-6-5-7-14(12(11)2)17(19-3)13-8-9-15(18)16(10-13)20-4/h5-10,17,19H,1-4H3. The Morgan fingerprint density at radius 1 is 1.15 bits per heavy atom. The third-order valence-corrected chi connectivity index (χ3v) is 4.07. The highest BCUT2D eigenvalue weighted by molar-refractivity contribution is 6.32. The molecule has 2 aromatic rings. The molecule has 2 aromatic carbocycles. The number of ether oxygens (including phenoxy) is 1. The zero-order valence-electron chi connectivity index (χ0n) is 12.3. The van der Waals surface area contributed by atoms with E-state index in [2.05, 4.69) is 37.4 Å². The molecule has 1 atom stereocenters. The first-order valence-electron chi connectivity index (χ1n) is 6.65. The number of methoxy groups -OCH3 is 1. The molecule has 1 unspecified atom stereocenters. The van der Waals surface area contributed by atoms with Crippen molar-refractivity contribution in [1.82, 2.24) is 5.32 Å². The van der Waals surface area contributed by atoms with Crippen molar-refractivity contribution >= 4 is 11.6 Å². The number of hydrogen-bond acceptors (Lipinski definition) is 2. The van der Waals surface area contributed by atoms with Gasteiger partial charge in [-0.1, -0.05) is 35.9 Å². The third-order valence-electron chi connectivity index (χ3n) is 3.75. The Labute approximate surface area is 125 Å². The predicted molar refractivity (Wildman–Crippen MR) is 84.8 cm³/mol. The maximum absolute atomic E-state index is 6.10. The fourth-order valence-corrected chi connectivity index (χ4v) is 2.64. The van der Waals surface area contributed by atoms with E-state index in [9.17, 15) is 0 Å². The van der Waals surface area contributed by atoms with Gasteiger partial charge in [-0.25, -0.2) is 0 Å². The highest BCUT2D eigenvalue weighted by Crippen LogP contribution is 2.32. The van der Waals surface area contributed by atoms with E-state index in [1.54, 1.807) is 7.11 Å². The van der Waals surface area contributed by atoms with Crippen molar-refractivity contribution in [2.75, 3.05) is 14.2 Å². The normalized spacial score (nSPS) is 12.2. The molecule has 0 heterocycles. The van der Waals surface area contributed by atoms with Gasteiger partial charge in [0.05, 0.1) is 18.2 Å². The van der Waals surface area contributed by atoms with E-state index in [4.69, 9.17) is 16.3 Å². The summed E-state index contributed by atoms with van der Waals surface area (Å²) in [5.74, 6) is 0.703. The molecule has 1 N–H and O–H groups in total. The molecule has 0 aliphatic rings. The fourth-order valence-electron chi connectivity index (χ4n) is 2.44. The minimum Gasteiger partial charge on any atom is -0.495 e. The van der Waals surface area contributed by atoms with Crippen LogP contribution in [0.25, 0.3) is 0 Å². The Morgan fingerprint density at radius 2 is 1.90 bits per heavy atom. The molecule has 20 heavy (non-hydrogen) atoms. The Bertz CT molecular complexity index is 610. The molecular weight excluding hydrogens is 270 g/mol. The summed E-state index contributed by atoms with van der Waals surface area (Å²) in [7, 11) is 3.60. The lowest BCUT2D eigenvalue weighted by molar-refractivity contribution is 0.414. The lowest BCUT2D eigenvalue weighted by Crippen LogP contribution is -2.19. The second-order valence-corrected chi connectivity index (χ2v) is 5.31. The Morgan fingerprint density at radius 3 is 2.55 bits per heavy atom. The van der Waals surface area contributed by atoms with Crippen LogP contribution in [0.2, 0.25) is 5.02 Å². The number of halogens is 1. The lowest BCUT2D eigenvalue weighted by atomic mass is 9.92. The first kappa shape index (κ1) is 14.9. The molecule has 0 aliphatic heterocycles. The summed E-state index contributed by atoms with van der Waals surface area (Å²) >= 11 is 6.10. The summed E-state index contributed by atoms with van der Waals surface area (Å²) < 4.78 is 5.31. The summed E-state index contributed by atoms with van der Waals surface area (Å²) in [6, 6.07) is 12.4. The van der Waals surface area contributed by atoms with Crippen molar-refractivity contribution in [3.63, 3.8) is 0 Å². The average molecular weight is 290 g/mol. The summed E-state index contributed by atoms with van der Waals surface area (Å²) in [4.78, 5) is 0. The molecule has 0 bridgehead atoms. The van der Waals surface area contributed by atoms with Crippen LogP contribution in [0.1, 0.15) is 28.3 Å². The van der Waals surface area contributed by atoms with Crippen LogP contribution in [0, 0.1) is 13.8 Å². The number of aryl methyl sites for hydroxylation is 1. The molecule has 0 radical (unpaired) electrons. The maximum Gasteiger partial charge on any atom is 0.137 e. The number of rotatable bonds is 4. The van der Waals surface area contributed by atoms with E-state index < -0.39 is 0 Å². The second kappa shape index (κ2) is 6.29. The maximum atomic E-state index is 6.10. The largest absolute Gasteiger partial charge is 0.495 e. The van der Waals surface area contributed by atoms with E-state index in [1.807, 2.05) is 25.2 Å². The van der Waals surface area contributed by atoms with Crippen molar-refractivity contribution in [2.24, 2.45) is 0 Å². The number of nitrogens with one attached hydrogen (secondary N) is 1. The first-order valence-corrected chi connectivity index (χ1v) is 7.03. The van der Waals surface area contributed by atoms with Gasteiger partial charge >= 0.3 is 0 Å². The predicted octanol–water partition coefficient (Wildman–Crippen LogP) is 4.27. The topological polar surface area (TPSA) is 21.3 Å². The van der Waals surface area contributed by atoms with Crippen LogP contribution in [0.5, 0.6) is 5.75 Å². The van der Waals surface area contributed by atoms with Gasteiger partial charge < -0.3 is 10.1 Å². The number of benzene rings is 2. The molecule has 0 saturated heterocycles. The van der Waals surface area contributed by atoms with Gasteiger partial charge in [-0.15, -0.1) is 0 Å². The van der Waals surface area contributed by atoms with Crippen LogP contribution in [0.15, 0.2) is 36.4 Å². The van der Waals surface area contributed by atoms with Gasteiger partial charge in [-0.2, -0.15) is 0 Å². The summed E-state index contributed by atoms with van der Waals surface area (Å²) in [5.41, 5.74) is 5.02. The highest BCUT2D eigenvalue weighted by atomic mass is 35.5. The van der Waals surface area contributed by atoms with Crippen molar-refractivity contribution in [1.29, 1.82) is 0 Å². The molecule has 0 aliphatic carbocycles. The Kier molecular flexibility index (Phi) is 4.69. The third kappa shape index (κ3) is 2.82. The van der Waals surface area contributed by atoms with E-state index in [1.165, 1.54) is 16.7 Å². The van der Waals surface area contributed by atoms with Crippen molar-refractivity contribution in [3.05, 3.63) is 63.7 Å². The van der Waals surface area contributed by atoms with Crippen LogP contribution in [0.3, 0.4) is 0 Å². The summed E-state index contributed by atoms with van der Waals surface area (Å²) in [5, 5.41) is 4.01. The average Bonchev–Trinajstić information content (AvgIpc) is 2.45. The van der Waals surface area contributed by atoms with E-state index in [-0.39, 0.29) is 6.04 Å². The molecule has 2 rings (SSSR count). The zero-order chi connectivity index (χ0) is 14.7. The smallest absolute Gasteiger partial charge is 0.137 e. The van der Waals surface area contributed by atoms with E-state index >= 15 is 0 Å². The summed E-state index contributed by atoms with van der Waals surface area (Å²) in [6.07, 6.45) is 0. The van der Waals surface area contributed by atoms with Gasteiger partial charge in [-0.05, 0) is 55.3 Å². The first-order chi connectivity index (χ1) is 9.58. The molecule has 0 fully saturated rings. The minimum atomic E-state index is 0.126. The summed E-state index contributed by atoms with van der Waals surface area (Å²) in [6.45, 7) is 4.29. The van der Waals surface area contributed by atoms with E-state index in [0.29, 0.717) is 10.8 Å². The van der Waals surface area contributed by atoms with Gasteiger partial charge in [0.15, 0.2) is 0 Å². The van der Waals surface area contributed by atoms with Crippen LogP contribution in [0.4, 0.5) is 0 Å². The lowest BCUT2D eigenvalue weighted by Gasteiger charge is -2.21. The van der Waals surface area contributed by atoms with Crippen LogP contribution < -0.4 is 10.1 Å². The Hall–Kier alpha value is -1.51. The zero-order valence-corrected chi connectivity index (χ0v) is 13.1. The molecule has 0 amide bonds. The highest BCUT2D eigenvalue weighted by Gasteiger charge is 2.16.